The van der Waals surface area contributed by atoms with Crippen LogP contribution in [-0.4, -0.2) is 23.4 Å². The molecule has 0 heterocycles. The minimum absolute atomic E-state index is 0.0944. The van der Waals surface area contributed by atoms with E-state index in [1.807, 2.05) is 24.3 Å². The third-order valence-electron chi connectivity index (χ3n) is 2.70. The molecule has 2 rings (SSSR count). The topological polar surface area (TPSA) is 40.5 Å². The molecule has 2 nitrogen and oxygen atoms in total. The first-order valence-corrected chi connectivity index (χ1v) is 4.83. The van der Waals surface area contributed by atoms with Gasteiger partial charge in [0.1, 0.15) is 0 Å². The van der Waals surface area contributed by atoms with Crippen LogP contribution in [0.25, 0.3) is 0 Å². The minimum Gasteiger partial charge on any atom is -0.392 e. The molecule has 14 heavy (non-hydrogen) atoms. The van der Waals surface area contributed by atoms with E-state index in [0.717, 1.165) is 17.6 Å². The van der Waals surface area contributed by atoms with Crippen molar-refractivity contribution in [1.29, 1.82) is 0 Å². The summed E-state index contributed by atoms with van der Waals surface area (Å²) < 4.78 is 0. The number of allylic oxidation sites excluding steroid dienone is 5. The lowest BCUT2D eigenvalue weighted by atomic mass is 9.83. The number of hydrogen-bond acceptors (Lipinski definition) is 2. The number of aliphatic hydroxyl groups excluding tert-OH is 2. The third-order valence-corrected chi connectivity index (χ3v) is 2.70. The number of hydrogen-bond donors (Lipinski definition) is 2. The molecule has 0 aromatic heterocycles. The van der Waals surface area contributed by atoms with Gasteiger partial charge in [-0.3, -0.25) is 0 Å². The fourth-order valence-electron chi connectivity index (χ4n) is 1.86. The van der Waals surface area contributed by atoms with Crippen molar-refractivity contribution in [3.05, 3.63) is 47.1 Å². The summed E-state index contributed by atoms with van der Waals surface area (Å²) in [5, 5.41) is 18.0. The molecular weight excluding hydrogens is 176 g/mol. The quantitative estimate of drug-likeness (QED) is 0.690. The Morgan fingerprint density at radius 2 is 2.07 bits per heavy atom. The van der Waals surface area contributed by atoms with E-state index in [1.54, 1.807) is 0 Å². The van der Waals surface area contributed by atoms with Crippen LogP contribution in [0, 0.1) is 5.92 Å². The summed E-state index contributed by atoms with van der Waals surface area (Å²) in [6.07, 6.45) is 11.0. The number of rotatable bonds is 2. The van der Waals surface area contributed by atoms with Gasteiger partial charge >= 0.3 is 0 Å². The van der Waals surface area contributed by atoms with Crippen molar-refractivity contribution in [2.45, 2.75) is 6.42 Å². The molecule has 0 aromatic rings. The van der Waals surface area contributed by atoms with Gasteiger partial charge < -0.3 is 10.2 Å². The number of aliphatic hydroxyl groups is 2. The highest BCUT2D eigenvalue weighted by Gasteiger charge is 2.17. The van der Waals surface area contributed by atoms with E-state index in [4.69, 9.17) is 10.2 Å². The van der Waals surface area contributed by atoms with Crippen LogP contribution >= 0.6 is 0 Å². The molecule has 2 N–H and O–H groups in total. The highest BCUT2D eigenvalue weighted by molar-refractivity contribution is 5.44. The van der Waals surface area contributed by atoms with Crippen molar-refractivity contribution in [2.24, 2.45) is 5.92 Å². The normalized spacial score (nSPS) is 25.0. The Hall–Kier alpha value is -1.12. The predicted octanol–water partition coefficient (Wildman–Crippen LogP) is 1.34. The Morgan fingerprint density at radius 1 is 1.21 bits per heavy atom. The molecule has 2 heteroatoms. The van der Waals surface area contributed by atoms with Gasteiger partial charge in [0.25, 0.3) is 0 Å². The van der Waals surface area contributed by atoms with E-state index in [9.17, 15) is 0 Å². The van der Waals surface area contributed by atoms with Crippen LogP contribution in [0.1, 0.15) is 6.42 Å². The maximum absolute atomic E-state index is 9.00. The summed E-state index contributed by atoms with van der Waals surface area (Å²) in [4.78, 5) is 0. The van der Waals surface area contributed by atoms with E-state index in [-0.39, 0.29) is 13.2 Å². The van der Waals surface area contributed by atoms with Crippen LogP contribution in [-0.2, 0) is 0 Å². The minimum atomic E-state index is 0.0944. The molecule has 0 fully saturated rings. The van der Waals surface area contributed by atoms with E-state index < -0.39 is 0 Å². The van der Waals surface area contributed by atoms with Crippen molar-refractivity contribution in [3.63, 3.8) is 0 Å². The highest BCUT2D eigenvalue weighted by Crippen LogP contribution is 2.31. The molecule has 0 amide bonds. The highest BCUT2D eigenvalue weighted by atomic mass is 16.3. The Bertz CT molecular complexity index is 345. The van der Waals surface area contributed by atoms with Gasteiger partial charge in [-0.25, -0.2) is 0 Å². The first kappa shape index (κ1) is 9.44. The first-order valence-electron chi connectivity index (χ1n) is 4.83. The van der Waals surface area contributed by atoms with Crippen molar-refractivity contribution in [3.8, 4) is 0 Å². The van der Waals surface area contributed by atoms with Crippen molar-refractivity contribution >= 4 is 0 Å². The van der Waals surface area contributed by atoms with Gasteiger partial charge in [-0.15, -0.1) is 0 Å². The second-order valence-corrected chi connectivity index (χ2v) is 3.70. The van der Waals surface area contributed by atoms with E-state index in [2.05, 4.69) is 6.08 Å². The molecule has 0 aliphatic heterocycles. The Morgan fingerprint density at radius 3 is 2.79 bits per heavy atom. The summed E-state index contributed by atoms with van der Waals surface area (Å²) in [6.45, 7) is 0.238. The second kappa shape index (κ2) is 3.95. The predicted molar refractivity (Wildman–Crippen MR) is 55.7 cm³/mol. The van der Waals surface area contributed by atoms with Crippen LogP contribution in [0.4, 0.5) is 0 Å². The van der Waals surface area contributed by atoms with Gasteiger partial charge in [0, 0.05) is 5.92 Å². The van der Waals surface area contributed by atoms with Gasteiger partial charge in [0.15, 0.2) is 0 Å². The zero-order valence-electron chi connectivity index (χ0n) is 7.98. The average molecular weight is 190 g/mol. The molecule has 2 aliphatic carbocycles. The molecule has 0 saturated carbocycles. The SMILES string of the molecule is OCC1=CC2=CC=C(CO)CC2C=C1. The molecule has 0 aromatic carbocycles. The summed E-state index contributed by atoms with van der Waals surface area (Å²) in [7, 11) is 0. The molecule has 2 aliphatic rings. The number of fused-ring (bicyclic) bond motifs is 1. The van der Waals surface area contributed by atoms with Crippen LogP contribution in [0.15, 0.2) is 47.1 Å². The van der Waals surface area contributed by atoms with Crippen LogP contribution in [0.2, 0.25) is 0 Å². The smallest absolute Gasteiger partial charge is 0.0681 e. The van der Waals surface area contributed by atoms with Crippen molar-refractivity contribution in [2.75, 3.05) is 13.2 Å². The molecule has 0 spiro atoms. The lowest BCUT2D eigenvalue weighted by molar-refractivity contribution is 0.323. The lowest BCUT2D eigenvalue weighted by Crippen LogP contribution is -2.11. The zero-order valence-corrected chi connectivity index (χ0v) is 7.98. The summed E-state index contributed by atoms with van der Waals surface area (Å²) in [5.41, 5.74) is 3.26. The fourth-order valence-corrected chi connectivity index (χ4v) is 1.86. The van der Waals surface area contributed by atoms with E-state index >= 15 is 0 Å². The maximum Gasteiger partial charge on any atom is 0.0681 e. The molecule has 1 unspecified atom stereocenters. The lowest BCUT2D eigenvalue weighted by Gasteiger charge is -2.23. The Labute approximate surface area is 83.6 Å². The molecule has 1 atom stereocenters. The van der Waals surface area contributed by atoms with Gasteiger partial charge in [-0.1, -0.05) is 30.4 Å². The molecular formula is C12H14O2. The summed E-state index contributed by atoms with van der Waals surface area (Å²) >= 11 is 0. The summed E-state index contributed by atoms with van der Waals surface area (Å²) in [6, 6.07) is 0. The first-order chi connectivity index (χ1) is 6.83. The zero-order chi connectivity index (χ0) is 9.97. The van der Waals surface area contributed by atoms with Gasteiger partial charge in [0.2, 0.25) is 0 Å². The Kier molecular flexibility index (Phi) is 2.66. The van der Waals surface area contributed by atoms with Gasteiger partial charge in [0.05, 0.1) is 13.2 Å². The van der Waals surface area contributed by atoms with Crippen molar-refractivity contribution < 1.29 is 10.2 Å². The summed E-state index contributed by atoms with van der Waals surface area (Å²) in [5.74, 6) is 0.387. The second-order valence-electron chi connectivity index (χ2n) is 3.70. The molecule has 0 bridgehead atoms. The average Bonchev–Trinajstić information content (AvgIpc) is 2.27. The third kappa shape index (κ3) is 1.72. The van der Waals surface area contributed by atoms with Crippen LogP contribution in [0.3, 0.4) is 0 Å². The standard InChI is InChI=1S/C12H14O2/c13-7-9-1-3-11-6-10(8-14)2-4-12(11)5-9/h1-5,11,13-14H,6-8H2. The van der Waals surface area contributed by atoms with E-state index in [1.165, 1.54) is 5.57 Å². The van der Waals surface area contributed by atoms with Crippen LogP contribution in [0.5, 0.6) is 0 Å². The monoisotopic (exact) mass is 190 g/mol. The van der Waals surface area contributed by atoms with Crippen molar-refractivity contribution in [1.82, 2.24) is 0 Å². The Balaban J connectivity index is 2.24. The van der Waals surface area contributed by atoms with Crippen LogP contribution < -0.4 is 0 Å². The molecule has 0 radical (unpaired) electrons. The van der Waals surface area contributed by atoms with Gasteiger partial charge in [-0.05, 0) is 23.1 Å². The largest absolute Gasteiger partial charge is 0.392 e. The fraction of sp³-hybridized carbons (Fsp3) is 0.333. The molecule has 0 saturated heterocycles. The molecule has 74 valence electrons. The maximum atomic E-state index is 9.00. The van der Waals surface area contributed by atoms with Gasteiger partial charge in [-0.2, -0.15) is 0 Å². The van der Waals surface area contributed by atoms with E-state index in [0.29, 0.717) is 5.92 Å².